The number of para-hydroxylation sites is 2. The lowest BCUT2D eigenvalue weighted by Crippen LogP contribution is -2.02. The predicted molar refractivity (Wildman–Crippen MR) is 230 cm³/mol. The highest BCUT2D eigenvalue weighted by atomic mass is 15.0. The molecule has 4 nitrogen and oxygen atoms in total. The highest BCUT2D eigenvalue weighted by molar-refractivity contribution is 6.29. The van der Waals surface area contributed by atoms with Gasteiger partial charge in [-0.1, -0.05) is 121 Å². The molecule has 56 heavy (non-hydrogen) atoms. The second kappa shape index (κ2) is 10.4. The minimum atomic E-state index is 0.433. The van der Waals surface area contributed by atoms with Crippen molar-refractivity contribution in [1.29, 1.82) is 5.26 Å². The third-order valence-electron chi connectivity index (χ3n) is 12.4. The number of benzene rings is 9. The van der Waals surface area contributed by atoms with Crippen molar-refractivity contribution in [3.63, 3.8) is 0 Å². The van der Waals surface area contributed by atoms with Crippen LogP contribution in [-0.4, -0.2) is 9.13 Å². The highest BCUT2D eigenvalue weighted by Gasteiger charge is 2.29. The SMILES string of the molecule is [C-]#[N+]c1cc(C#N)c(-n2c3ccccc3c3cc4c5c(cccc5c32)-c2ccccc2-4)cc1-n1c2ccccc2c2cc3c4c(cccc4c21)-c1ccccc1-3. The number of hydrogen-bond donors (Lipinski definition) is 0. The second-order valence-electron chi connectivity index (χ2n) is 15.0. The van der Waals surface area contributed by atoms with Crippen molar-refractivity contribution in [3.8, 4) is 62.0 Å². The molecule has 0 saturated carbocycles. The topological polar surface area (TPSA) is 38.0 Å². The van der Waals surface area contributed by atoms with Crippen LogP contribution in [0.1, 0.15) is 5.56 Å². The number of nitriles is 1. The van der Waals surface area contributed by atoms with Gasteiger partial charge in [-0.05, 0) is 91.7 Å². The van der Waals surface area contributed by atoms with E-state index in [1.54, 1.807) is 6.07 Å². The predicted octanol–water partition coefficient (Wildman–Crippen LogP) is 13.9. The van der Waals surface area contributed by atoms with Gasteiger partial charge >= 0.3 is 0 Å². The van der Waals surface area contributed by atoms with Crippen LogP contribution >= 0.6 is 0 Å². The summed E-state index contributed by atoms with van der Waals surface area (Å²) in [4.78, 5) is 4.13. The fourth-order valence-corrected chi connectivity index (χ4v) is 10.3. The lowest BCUT2D eigenvalue weighted by atomic mass is 9.99. The third kappa shape index (κ3) is 3.48. The first-order valence-corrected chi connectivity index (χ1v) is 18.9. The van der Waals surface area contributed by atoms with Crippen LogP contribution in [0.3, 0.4) is 0 Å². The summed E-state index contributed by atoms with van der Waals surface area (Å²) in [5.74, 6) is 0. The van der Waals surface area contributed by atoms with Gasteiger partial charge in [-0.15, -0.1) is 0 Å². The molecule has 0 atom stereocenters. The van der Waals surface area contributed by atoms with E-state index in [0.29, 0.717) is 11.3 Å². The molecule has 2 aliphatic carbocycles. The van der Waals surface area contributed by atoms with Crippen LogP contribution in [0, 0.1) is 17.9 Å². The van der Waals surface area contributed by atoms with Gasteiger partial charge in [-0.3, -0.25) is 0 Å². The van der Waals surface area contributed by atoms with Gasteiger partial charge in [0.15, 0.2) is 0 Å². The molecule has 254 valence electrons. The van der Waals surface area contributed by atoms with Crippen molar-refractivity contribution in [2.75, 3.05) is 0 Å². The van der Waals surface area contributed by atoms with Crippen molar-refractivity contribution in [2.24, 2.45) is 0 Å². The number of aromatic nitrogens is 2. The molecule has 0 spiro atoms. The standard InChI is InChI=1S/C52H26N4/c1-54-44-24-29(28-53)47(55-45-22-8-6-16-34(45)42-25-40-32-14-4-2-12-30(32)36-18-10-20-38(49(36)40)51(42)55)27-48(44)56-46-23-9-7-17-35(46)43-26-41-33-15-5-3-13-31(33)37-19-11-21-39(50(37)41)52(43)56/h2-27H. The second-order valence-corrected chi connectivity index (χ2v) is 15.0. The molecule has 2 aromatic heterocycles. The molecule has 0 amide bonds. The minimum absolute atomic E-state index is 0.433. The molecule has 0 N–H and O–H groups in total. The summed E-state index contributed by atoms with van der Waals surface area (Å²) in [5.41, 5.74) is 16.5. The van der Waals surface area contributed by atoms with Crippen LogP contribution in [0.15, 0.2) is 158 Å². The van der Waals surface area contributed by atoms with E-state index in [0.717, 1.165) is 65.8 Å². The summed E-state index contributed by atoms with van der Waals surface area (Å²) in [6.45, 7) is 8.53. The lowest BCUT2D eigenvalue weighted by Gasteiger charge is -2.18. The van der Waals surface area contributed by atoms with E-state index >= 15 is 0 Å². The van der Waals surface area contributed by atoms with Gasteiger partial charge in [-0.2, -0.15) is 5.26 Å². The summed E-state index contributed by atoms with van der Waals surface area (Å²) in [7, 11) is 0. The number of rotatable bonds is 2. The van der Waals surface area contributed by atoms with Crippen molar-refractivity contribution >= 4 is 70.8 Å². The van der Waals surface area contributed by atoms with Gasteiger partial charge < -0.3 is 9.13 Å². The monoisotopic (exact) mass is 706 g/mol. The number of fused-ring (bicyclic) bond motifs is 14. The first-order chi connectivity index (χ1) is 27.7. The maximum absolute atomic E-state index is 10.9. The Hall–Kier alpha value is -7.92. The van der Waals surface area contributed by atoms with E-state index in [4.69, 9.17) is 6.57 Å². The fourth-order valence-electron chi connectivity index (χ4n) is 10.3. The molecule has 2 heterocycles. The normalized spacial score (nSPS) is 12.2. The van der Waals surface area contributed by atoms with Gasteiger partial charge in [-0.25, -0.2) is 4.85 Å². The van der Waals surface area contributed by atoms with E-state index in [9.17, 15) is 5.26 Å². The molecular formula is C52H26N4. The molecule has 9 aromatic carbocycles. The summed E-state index contributed by atoms with van der Waals surface area (Å²) >= 11 is 0. The van der Waals surface area contributed by atoms with Crippen LogP contribution in [0.5, 0.6) is 0 Å². The Kier molecular flexibility index (Phi) is 5.48. The molecule has 0 fully saturated rings. The Balaban J connectivity index is 1.19. The smallest absolute Gasteiger partial charge is 0.212 e. The van der Waals surface area contributed by atoms with Crippen LogP contribution in [0.25, 0.3) is 126 Å². The Labute approximate surface area is 320 Å². The molecule has 0 unspecified atom stereocenters. The Morgan fingerprint density at radius 3 is 1.34 bits per heavy atom. The van der Waals surface area contributed by atoms with Crippen molar-refractivity contribution in [3.05, 3.63) is 175 Å². The first kappa shape index (κ1) is 29.5. The molecule has 2 aliphatic rings. The zero-order valence-electron chi connectivity index (χ0n) is 29.8. The number of nitrogens with zero attached hydrogens (tertiary/aromatic N) is 4. The molecule has 0 radical (unpaired) electrons. The summed E-state index contributed by atoms with van der Waals surface area (Å²) < 4.78 is 4.56. The van der Waals surface area contributed by atoms with Gasteiger partial charge in [0.05, 0.1) is 51.6 Å². The average molecular weight is 707 g/mol. The lowest BCUT2D eigenvalue weighted by molar-refractivity contribution is 1.14. The van der Waals surface area contributed by atoms with Crippen LogP contribution in [0.2, 0.25) is 0 Å². The van der Waals surface area contributed by atoms with E-state index in [1.807, 2.05) is 0 Å². The van der Waals surface area contributed by atoms with E-state index in [2.05, 4.69) is 172 Å². The maximum Gasteiger partial charge on any atom is 0.212 e. The van der Waals surface area contributed by atoms with E-state index in [1.165, 1.54) is 55.3 Å². The third-order valence-corrected chi connectivity index (χ3v) is 12.4. The first-order valence-electron chi connectivity index (χ1n) is 18.9. The van der Waals surface area contributed by atoms with Crippen LogP contribution in [0.4, 0.5) is 5.69 Å². The Bertz CT molecular complexity index is 3490. The zero-order valence-corrected chi connectivity index (χ0v) is 29.8. The molecule has 0 saturated heterocycles. The van der Waals surface area contributed by atoms with Crippen molar-refractivity contribution in [2.45, 2.75) is 0 Å². The van der Waals surface area contributed by atoms with E-state index in [-0.39, 0.29) is 0 Å². The van der Waals surface area contributed by atoms with Gasteiger partial charge in [0.1, 0.15) is 0 Å². The quantitative estimate of drug-likeness (QED) is 0.165. The van der Waals surface area contributed by atoms with Crippen LogP contribution < -0.4 is 0 Å². The number of hydrogen-bond acceptors (Lipinski definition) is 1. The van der Waals surface area contributed by atoms with Crippen LogP contribution in [-0.2, 0) is 0 Å². The fraction of sp³-hybridized carbons (Fsp3) is 0. The maximum atomic E-state index is 10.9. The summed E-state index contributed by atoms with van der Waals surface area (Å²) in [5, 5.41) is 20.2. The molecule has 4 heteroatoms. The minimum Gasteiger partial charge on any atom is -0.318 e. The molecule has 13 rings (SSSR count). The summed E-state index contributed by atoms with van der Waals surface area (Å²) in [6.07, 6.45) is 0. The van der Waals surface area contributed by atoms with Gasteiger partial charge in [0, 0.05) is 32.3 Å². The van der Waals surface area contributed by atoms with Gasteiger partial charge in [0.25, 0.3) is 0 Å². The average Bonchev–Trinajstić information content (AvgIpc) is 3.98. The Morgan fingerprint density at radius 2 is 0.839 bits per heavy atom. The molecule has 0 aliphatic heterocycles. The van der Waals surface area contributed by atoms with Crippen molar-refractivity contribution in [1.82, 2.24) is 9.13 Å². The molecule has 0 bridgehead atoms. The molecule has 11 aromatic rings. The van der Waals surface area contributed by atoms with Gasteiger partial charge in [0.2, 0.25) is 5.69 Å². The summed E-state index contributed by atoms with van der Waals surface area (Å²) in [6, 6.07) is 58.6. The highest BCUT2D eigenvalue weighted by Crippen LogP contribution is 2.53. The molecular weight excluding hydrogens is 681 g/mol. The Morgan fingerprint density at radius 1 is 0.411 bits per heavy atom. The largest absolute Gasteiger partial charge is 0.318 e. The van der Waals surface area contributed by atoms with E-state index < -0.39 is 0 Å². The van der Waals surface area contributed by atoms with Crippen molar-refractivity contribution < 1.29 is 0 Å². The zero-order chi connectivity index (χ0) is 36.8.